The number of halogens is 2. The van der Waals surface area contributed by atoms with Gasteiger partial charge in [0.2, 0.25) is 0 Å². The Hall–Kier alpha value is -0.200. The third-order valence-electron chi connectivity index (χ3n) is 4.33. The lowest BCUT2D eigenvalue weighted by molar-refractivity contribution is 0.339. The summed E-state index contributed by atoms with van der Waals surface area (Å²) in [6, 6.07) is 10.2. The molecule has 1 atom stereocenters. The monoisotopic (exact) mass is 342 g/mol. The van der Waals surface area contributed by atoms with Crippen molar-refractivity contribution in [1.82, 2.24) is 0 Å². The zero-order chi connectivity index (χ0) is 16.4. The van der Waals surface area contributed by atoms with Gasteiger partial charge < -0.3 is 0 Å². The molecule has 0 aromatic heterocycles. The maximum Gasteiger partial charge on any atom is 0.145 e. The highest BCUT2D eigenvalue weighted by atomic mass is 35.5. The van der Waals surface area contributed by atoms with Gasteiger partial charge in [0.05, 0.1) is 0 Å². The highest BCUT2D eigenvalue weighted by Gasteiger charge is 2.36. The van der Waals surface area contributed by atoms with Crippen LogP contribution >= 0.6 is 23.2 Å². The van der Waals surface area contributed by atoms with E-state index >= 15 is 0 Å². The Bertz CT molecular complexity index is 384. The fourth-order valence-corrected chi connectivity index (χ4v) is 3.73. The Labute approximate surface area is 147 Å². The molecule has 0 bridgehead atoms. The SMILES string of the molecule is CCCCCCCCC(CC(C)C)C(Cl)(Cl)c1ccccc1. The Morgan fingerprint density at radius 3 is 2.09 bits per heavy atom. The van der Waals surface area contributed by atoms with E-state index in [-0.39, 0.29) is 0 Å². The molecule has 0 saturated heterocycles. The van der Waals surface area contributed by atoms with Crippen LogP contribution in [0.2, 0.25) is 0 Å². The number of benzene rings is 1. The van der Waals surface area contributed by atoms with Crippen LogP contribution in [-0.4, -0.2) is 0 Å². The van der Waals surface area contributed by atoms with Gasteiger partial charge >= 0.3 is 0 Å². The second-order valence-electron chi connectivity index (χ2n) is 6.87. The largest absolute Gasteiger partial charge is 0.145 e. The molecule has 0 fully saturated rings. The molecule has 1 rings (SSSR count). The summed E-state index contributed by atoms with van der Waals surface area (Å²) >= 11 is 13.6. The lowest BCUT2D eigenvalue weighted by Crippen LogP contribution is -2.25. The van der Waals surface area contributed by atoms with Crippen LogP contribution in [0, 0.1) is 11.8 Å². The Kier molecular flexibility index (Phi) is 9.52. The number of hydrogen-bond acceptors (Lipinski definition) is 0. The van der Waals surface area contributed by atoms with Gasteiger partial charge in [-0.15, -0.1) is 0 Å². The molecule has 1 aromatic carbocycles. The van der Waals surface area contributed by atoms with E-state index in [0.717, 1.165) is 18.4 Å². The van der Waals surface area contributed by atoms with E-state index in [0.29, 0.717) is 11.8 Å². The van der Waals surface area contributed by atoms with Crippen LogP contribution in [0.5, 0.6) is 0 Å². The molecule has 0 aliphatic heterocycles. The first-order valence-corrected chi connectivity index (χ1v) is 9.67. The highest BCUT2D eigenvalue weighted by Crippen LogP contribution is 2.46. The first kappa shape index (κ1) is 19.8. The zero-order valence-electron chi connectivity index (χ0n) is 14.5. The van der Waals surface area contributed by atoms with E-state index in [1.165, 1.54) is 38.5 Å². The minimum absolute atomic E-state index is 0.324. The lowest BCUT2D eigenvalue weighted by atomic mass is 9.86. The second kappa shape index (κ2) is 10.6. The van der Waals surface area contributed by atoms with E-state index in [1.54, 1.807) is 0 Å². The van der Waals surface area contributed by atoms with Gasteiger partial charge in [0.1, 0.15) is 4.33 Å². The quantitative estimate of drug-likeness (QED) is 0.285. The van der Waals surface area contributed by atoms with Crippen LogP contribution in [-0.2, 0) is 4.33 Å². The van der Waals surface area contributed by atoms with Crippen LogP contribution in [0.15, 0.2) is 30.3 Å². The van der Waals surface area contributed by atoms with Gasteiger partial charge in [-0.25, -0.2) is 0 Å². The molecule has 0 N–H and O–H groups in total. The van der Waals surface area contributed by atoms with E-state index in [1.807, 2.05) is 18.2 Å². The average molecular weight is 343 g/mol. The first-order valence-electron chi connectivity index (χ1n) is 8.91. The molecule has 1 unspecified atom stereocenters. The molecule has 126 valence electrons. The standard InChI is InChI=1S/C20H32Cl2/c1-4-5-6-7-8-10-15-19(16-17(2)3)20(21,22)18-13-11-9-12-14-18/h9,11-14,17,19H,4-8,10,15-16H2,1-3H3. The predicted octanol–water partition coefficient (Wildman–Crippen LogP) is 7.73. The molecule has 0 amide bonds. The van der Waals surface area contributed by atoms with Crippen LogP contribution < -0.4 is 0 Å². The summed E-state index contributed by atoms with van der Waals surface area (Å²) in [5.41, 5.74) is 1.04. The summed E-state index contributed by atoms with van der Waals surface area (Å²) in [5.74, 6) is 0.940. The van der Waals surface area contributed by atoms with E-state index in [9.17, 15) is 0 Å². The number of alkyl halides is 2. The van der Waals surface area contributed by atoms with Crippen molar-refractivity contribution in [3.8, 4) is 0 Å². The van der Waals surface area contributed by atoms with Crippen molar-refractivity contribution in [2.75, 3.05) is 0 Å². The third kappa shape index (κ3) is 6.92. The highest BCUT2D eigenvalue weighted by molar-refractivity contribution is 6.48. The first-order chi connectivity index (χ1) is 10.5. The van der Waals surface area contributed by atoms with Crippen LogP contribution in [0.1, 0.15) is 77.7 Å². The molecule has 0 radical (unpaired) electrons. The summed E-state index contributed by atoms with van der Waals surface area (Å²) in [5, 5.41) is 0. The number of rotatable bonds is 11. The second-order valence-corrected chi connectivity index (χ2v) is 8.26. The fourth-order valence-electron chi connectivity index (χ4n) is 3.08. The smallest absolute Gasteiger partial charge is 0.0960 e. The van der Waals surface area contributed by atoms with E-state index < -0.39 is 4.33 Å². The van der Waals surface area contributed by atoms with Gasteiger partial charge in [0.15, 0.2) is 0 Å². The van der Waals surface area contributed by atoms with Gasteiger partial charge in [-0.05, 0) is 30.2 Å². The molecule has 0 aliphatic carbocycles. The predicted molar refractivity (Wildman–Crippen MR) is 101 cm³/mol. The maximum atomic E-state index is 6.80. The minimum atomic E-state index is -0.769. The molecule has 0 spiro atoms. The summed E-state index contributed by atoms with van der Waals surface area (Å²) in [4.78, 5) is 0. The van der Waals surface area contributed by atoms with E-state index in [4.69, 9.17) is 23.2 Å². The van der Waals surface area contributed by atoms with Gasteiger partial charge in [-0.3, -0.25) is 0 Å². The van der Waals surface area contributed by atoms with Crippen molar-refractivity contribution in [3.63, 3.8) is 0 Å². The fraction of sp³-hybridized carbons (Fsp3) is 0.700. The Morgan fingerprint density at radius 1 is 0.909 bits per heavy atom. The Morgan fingerprint density at radius 2 is 1.50 bits per heavy atom. The van der Waals surface area contributed by atoms with Crippen molar-refractivity contribution in [3.05, 3.63) is 35.9 Å². The molecule has 0 nitrogen and oxygen atoms in total. The van der Waals surface area contributed by atoms with Crippen molar-refractivity contribution < 1.29 is 0 Å². The van der Waals surface area contributed by atoms with E-state index in [2.05, 4.69) is 32.9 Å². The topological polar surface area (TPSA) is 0 Å². The molecule has 2 heteroatoms. The number of hydrogen-bond donors (Lipinski definition) is 0. The van der Waals surface area contributed by atoms with Crippen molar-refractivity contribution in [2.45, 2.75) is 76.5 Å². The van der Waals surface area contributed by atoms with Gasteiger partial charge in [0, 0.05) is 0 Å². The number of unbranched alkanes of at least 4 members (excludes halogenated alkanes) is 5. The third-order valence-corrected chi connectivity index (χ3v) is 5.39. The normalized spacial score (nSPS) is 13.5. The van der Waals surface area contributed by atoms with Crippen molar-refractivity contribution in [1.29, 1.82) is 0 Å². The molecule has 22 heavy (non-hydrogen) atoms. The molecule has 1 aromatic rings. The molecule has 0 saturated carbocycles. The van der Waals surface area contributed by atoms with Crippen LogP contribution in [0.25, 0.3) is 0 Å². The van der Waals surface area contributed by atoms with Gasteiger partial charge in [-0.2, -0.15) is 0 Å². The lowest BCUT2D eigenvalue weighted by Gasteiger charge is -2.32. The summed E-state index contributed by atoms with van der Waals surface area (Å²) < 4.78 is -0.769. The molecule has 0 aliphatic rings. The Balaban J connectivity index is 2.59. The summed E-state index contributed by atoms with van der Waals surface area (Å²) in [6.07, 6.45) is 10.1. The minimum Gasteiger partial charge on any atom is -0.0960 e. The molecular formula is C20H32Cl2. The van der Waals surface area contributed by atoms with Gasteiger partial charge in [0.25, 0.3) is 0 Å². The summed E-state index contributed by atoms with van der Waals surface area (Å²) in [6.45, 7) is 6.76. The van der Waals surface area contributed by atoms with Crippen molar-refractivity contribution >= 4 is 23.2 Å². The van der Waals surface area contributed by atoms with Gasteiger partial charge in [-0.1, -0.05) is 113 Å². The van der Waals surface area contributed by atoms with Crippen molar-refractivity contribution in [2.24, 2.45) is 11.8 Å². The zero-order valence-corrected chi connectivity index (χ0v) is 16.0. The van der Waals surface area contributed by atoms with Crippen LogP contribution in [0.4, 0.5) is 0 Å². The molecule has 0 heterocycles. The maximum absolute atomic E-state index is 6.80. The van der Waals surface area contributed by atoms with Crippen LogP contribution in [0.3, 0.4) is 0 Å². The summed E-state index contributed by atoms with van der Waals surface area (Å²) in [7, 11) is 0. The average Bonchev–Trinajstić information content (AvgIpc) is 2.50. The molecular weight excluding hydrogens is 311 g/mol.